The van der Waals surface area contributed by atoms with Crippen LogP contribution < -0.4 is 10.6 Å². The Kier molecular flexibility index (Phi) is 5.65. The number of imidazole rings is 1. The zero-order valence-electron chi connectivity index (χ0n) is 19.4. The van der Waals surface area contributed by atoms with Crippen molar-refractivity contribution >= 4 is 17.4 Å². The Bertz CT molecular complexity index is 1440. The molecule has 5 rings (SSSR count). The highest BCUT2D eigenvalue weighted by Gasteiger charge is 2.21. The summed E-state index contributed by atoms with van der Waals surface area (Å²) in [6, 6.07) is 11.1. The van der Waals surface area contributed by atoms with Gasteiger partial charge in [0.05, 0.1) is 10.7 Å². The second-order valence-electron chi connectivity index (χ2n) is 8.98. The van der Waals surface area contributed by atoms with Crippen molar-refractivity contribution in [1.29, 1.82) is 0 Å². The Morgan fingerprint density at radius 3 is 2.62 bits per heavy atom. The smallest absolute Gasteiger partial charge is 0.332 e. The van der Waals surface area contributed by atoms with Crippen LogP contribution >= 0.6 is 11.6 Å². The van der Waals surface area contributed by atoms with Gasteiger partial charge in [-0.15, -0.1) is 0 Å². The number of rotatable bonds is 4. The Hall–Kier alpha value is -3.58. The van der Waals surface area contributed by atoms with Gasteiger partial charge in [0.2, 0.25) is 0 Å². The van der Waals surface area contributed by atoms with Crippen molar-refractivity contribution in [3.05, 3.63) is 76.2 Å². The van der Waals surface area contributed by atoms with Crippen LogP contribution in [0, 0.1) is 12.8 Å². The fourth-order valence-electron chi connectivity index (χ4n) is 4.49. The average Bonchev–Trinajstić information content (AvgIpc) is 3.40. The van der Waals surface area contributed by atoms with E-state index >= 15 is 0 Å². The molecule has 0 aliphatic carbocycles. The monoisotopic (exact) mass is 475 g/mol. The van der Waals surface area contributed by atoms with Crippen molar-refractivity contribution in [3.63, 3.8) is 0 Å². The molecule has 174 valence electrons. The number of nitrogens with zero attached hydrogens (tertiary/aromatic N) is 5. The van der Waals surface area contributed by atoms with Crippen LogP contribution in [0.15, 0.2) is 59.8 Å². The third-order valence-electron chi connectivity index (χ3n) is 6.35. The fraction of sp³-hybridized carbons (Fsp3) is 0.269. The molecule has 1 N–H and O–H groups in total. The van der Waals surface area contributed by atoms with Gasteiger partial charge < -0.3 is 14.6 Å². The van der Waals surface area contributed by atoms with Crippen molar-refractivity contribution in [2.75, 3.05) is 18.0 Å². The summed E-state index contributed by atoms with van der Waals surface area (Å²) in [6.45, 7) is 6.10. The molecule has 1 aliphatic rings. The lowest BCUT2D eigenvalue weighted by Crippen LogP contribution is -2.20. The summed E-state index contributed by atoms with van der Waals surface area (Å²) in [6.07, 6.45) is 6.27. The first-order chi connectivity index (χ1) is 16.3. The maximum absolute atomic E-state index is 12.3. The first-order valence-electron chi connectivity index (χ1n) is 11.3. The third kappa shape index (κ3) is 3.96. The third-order valence-corrected chi connectivity index (χ3v) is 6.66. The first kappa shape index (κ1) is 22.2. The molecule has 1 saturated heterocycles. The van der Waals surface area contributed by atoms with Gasteiger partial charge in [-0.1, -0.05) is 24.6 Å². The number of anilines is 1. The van der Waals surface area contributed by atoms with Gasteiger partial charge in [0.25, 0.3) is 0 Å². The average molecular weight is 476 g/mol. The highest BCUT2D eigenvalue weighted by Crippen LogP contribution is 2.39. The topological polar surface area (TPSA) is 76.2 Å². The van der Waals surface area contributed by atoms with Gasteiger partial charge in [-0.2, -0.15) is 0 Å². The minimum absolute atomic E-state index is 0.0817. The van der Waals surface area contributed by atoms with E-state index in [9.17, 15) is 9.90 Å². The zero-order chi connectivity index (χ0) is 24.0. The van der Waals surface area contributed by atoms with E-state index < -0.39 is 0 Å². The lowest BCUT2D eigenvalue weighted by molar-refractivity contribution is 0.477. The number of hydrogen-bond donors (Lipinski definition) is 1. The second-order valence-corrected chi connectivity index (χ2v) is 9.39. The van der Waals surface area contributed by atoms with Crippen molar-refractivity contribution in [2.45, 2.75) is 20.3 Å². The molecular formula is C26H26ClN5O2. The van der Waals surface area contributed by atoms with Crippen LogP contribution in [-0.4, -0.2) is 37.3 Å². The van der Waals surface area contributed by atoms with Crippen LogP contribution in [0.2, 0.25) is 5.02 Å². The number of hydrogen-bond acceptors (Lipinski definition) is 5. The standard InChI is InChI=1S/C26H26ClN5O2/c1-16-7-9-31(15-16)23-14-19(6-8-28-23)24-25(33)20(12-17(2)29-24)18-4-5-22(21(27)13-18)32-11-10-30(3)26(32)34/h4-6,8,10-14,16,33H,7,9,15H2,1-3H3. The predicted molar refractivity (Wildman–Crippen MR) is 135 cm³/mol. The first-order valence-corrected chi connectivity index (χ1v) is 11.7. The molecule has 0 radical (unpaired) electrons. The van der Waals surface area contributed by atoms with Gasteiger partial charge in [0.1, 0.15) is 17.3 Å². The van der Waals surface area contributed by atoms with Crippen LogP contribution in [0.3, 0.4) is 0 Å². The number of benzene rings is 1. The minimum atomic E-state index is -0.180. The number of aromatic hydroxyl groups is 1. The fourth-order valence-corrected chi connectivity index (χ4v) is 4.76. The molecular weight excluding hydrogens is 450 g/mol. The number of aryl methyl sites for hydroxylation is 2. The van der Waals surface area contributed by atoms with Crippen LogP contribution in [-0.2, 0) is 7.05 Å². The lowest BCUT2D eigenvalue weighted by atomic mass is 10.0. The summed E-state index contributed by atoms with van der Waals surface area (Å²) in [5.74, 6) is 1.62. The van der Waals surface area contributed by atoms with Crippen molar-refractivity contribution in [1.82, 2.24) is 19.1 Å². The van der Waals surface area contributed by atoms with Gasteiger partial charge >= 0.3 is 5.69 Å². The molecule has 3 aromatic heterocycles. The molecule has 1 unspecified atom stereocenters. The van der Waals surface area contributed by atoms with Crippen molar-refractivity contribution in [3.8, 4) is 33.8 Å². The van der Waals surface area contributed by atoms with Gasteiger partial charge in [-0.05, 0) is 55.2 Å². The predicted octanol–water partition coefficient (Wildman–Crippen LogP) is 4.81. The molecule has 1 atom stereocenters. The van der Waals surface area contributed by atoms with E-state index in [1.165, 1.54) is 9.13 Å². The molecule has 8 heteroatoms. The Morgan fingerprint density at radius 1 is 1.12 bits per heavy atom. The van der Waals surface area contributed by atoms with Gasteiger partial charge in [-0.25, -0.2) is 14.8 Å². The quantitative estimate of drug-likeness (QED) is 0.458. The lowest BCUT2D eigenvalue weighted by Gasteiger charge is -2.18. The molecule has 0 saturated carbocycles. The molecule has 0 amide bonds. The molecule has 34 heavy (non-hydrogen) atoms. The normalized spacial score (nSPS) is 15.8. The van der Waals surface area contributed by atoms with Gasteiger partial charge in [0.15, 0.2) is 0 Å². The SMILES string of the molecule is Cc1cc(-c2ccc(-n3ccn(C)c3=O)c(Cl)c2)c(O)c(-c2ccnc(N3CCC(C)C3)c2)n1. The Labute approximate surface area is 202 Å². The number of aromatic nitrogens is 4. The Balaban J connectivity index is 1.55. The van der Waals surface area contributed by atoms with E-state index in [4.69, 9.17) is 11.6 Å². The van der Waals surface area contributed by atoms with E-state index in [1.54, 1.807) is 37.8 Å². The number of halogens is 1. The Morgan fingerprint density at radius 2 is 1.94 bits per heavy atom. The van der Waals surface area contributed by atoms with E-state index in [0.717, 1.165) is 42.1 Å². The van der Waals surface area contributed by atoms with Gasteiger partial charge in [-0.3, -0.25) is 4.57 Å². The summed E-state index contributed by atoms with van der Waals surface area (Å²) in [7, 11) is 1.69. The van der Waals surface area contributed by atoms with Crippen LogP contribution in [0.1, 0.15) is 19.0 Å². The van der Waals surface area contributed by atoms with E-state index in [0.29, 0.717) is 27.9 Å². The second kappa shape index (κ2) is 8.65. The van der Waals surface area contributed by atoms with Crippen molar-refractivity contribution in [2.24, 2.45) is 13.0 Å². The molecule has 1 fully saturated rings. The summed E-state index contributed by atoms with van der Waals surface area (Å²) in [5.41, 5.74) is 3.86. The molecule has 1 aliphatic heterocycles. The molecule has 7 nitrogen and oxygen atoms in total. The summed E-state index contributed by atoms with van der Waals surface area (Å²) in [4.78, 5) is 23.8. The molecule has 4 aromatic rings. The highest BCUT2D eigenvalue weighted by atomic mass is 35.5. The number of pyridine rings is 2. The zero-order valence-corrected chi connectivity index (χ0v) is 20.1. The summed E-state index contributed by atoms with van der Waals surface area (Å²) in [5, 5.41) is 11.7. The molecule has 1 aromatic carbocycles. The van der Waals surface area contributed by atoms with Crippen LogP contribution in [0.25, 0.3) is 28.1 Å². The van der Waals surface area contributed by atoms with Crippen molar-refractivity contribution < 1.29 is 5.11 Å². The highest BCUT2D eigenvalue weighted by molar-refractivity contribution is 6.32. The molecule has 4 heterocycles. The van der Waals surface area contributed by atoms with E-state index in [-0.39, 0.29) is 11.4 Å². The molecule has 0 bridgehead atoms. The summed E-state index contributed by atoms with van der Waals surface area (Å²) >= 11 is 6.57. The molecule has 0 spiro atoms. The van der Waals surface area contributed by atoms with Crippen LogP contribution in [0.4, 0.5) is 5.82 Å². The van der Waals surface area contributed by atoms with Crippen LogP contribution in [0.5, 0.6) is 5.75 Å². The summed E-state index contributed by atoms with van der Waals surface area (Å²) < 4.78 is 2.98. The van der Waals surface area contributed by atoms with E-state index in [1.807, 2.05) is 31.2 Å². The minimum Gasteiger partial charge on any atom is -0.505 e. The largest absolute Gasteiger partial charge is 0.505 e. The van der Waals surface area contributed by atoms with E-state index in [2.05, 4.69) is 21.8 Å². The van der Waals surface area contributed by atoms with Gasteiger partial charge in [0, 0.05) is 55.5 Å². The maximum Gasteiger partial charge on any atom is 0.332 e. The maximum atomic E-state index is 12.3.